The maximum atomic E-state index is 11.8. The predicted octanol–water partition coefficient (Wildman–Crippen LogP) is 4.49. The van der Waals surface area contributed by atoms with Crippen LogP contribution >= 0.6 is 0 Å². The summed E-state index contributed by atoms with van der Waals surface area (Å²) in [4.78, 5) is 11.8. The Balaban J connectivity index is 1.66. The van der Waals surface area contributed by atoms with E-state index in [1.54, 1.807) is 12.2 Å². The van der Waals surface area contributed by atoms with Crippen LogP contribution in [0.25, 0.3) is 0 Å². The Kier molecular flexibility index (Phi) is 4.48. The number of hydrogen-bond donors (Lipinski definition) is 0. The predicted molar refractivity (Wildman–Crippen MR) is 80.2 cm³/mol. The minimum absolute atomic E-state index is 0.135. The van der Waals surface area contributed by atoms with Crippen LogP contribution in [0.3, 0.4) is 0 Å². The zero-order valence-electron chi connectivity index (χ0n) is 12.7. The van der Waals surface area contributed by atoms with Gasteiger partial charge in [-0.15, -0.1) is 0 Å². The Morgan fingerprint density at radius 2 is 1.65 bits per heavy atom. The average molecular weight is 276 g/mol. The minimum atomic E-state index is -0.135. The first-order valence-electron chi connectivity index (χ1n) is 8.61. The smallest absolute Gasteiger partial charge is 0.330 e. The third kappa shape index (κ3) is 2.94. The number of hydrogen-bond acceptors (Lipinski definition) is 2. The maximum absolute atomic E-state index is 11.8. The summed E-state index contributed by atoms with van der Waals surface area (Å²) in [7, 11) is 0. The quantitative estimate of drug-likeness (QED) is 0.548. The fourth-order valence-corrected chi connectivity index (χ4v) is 5.06. The van der Waals surface area contributed by atoms with Gasteiger partial charge in [0.15, 0.2) is 0 Å². The summed E-state index contributed by atoms with van der Waals surface area (Å²) in [6.07, 6.45) is 15.7. The van der Waals surface area contributed by atoms with Crippen molar-refractivity contribution < 1.29 is 9.53 Å². The number of ether oxygens (including phenoxy) is 1. The standard InChI is InChI=1S/C18H28O2/c1-2-6-18(19)20-17-10-5-9-15-11-13-7-3-4-8-14(13)12-16(15)17/h2,6,13-17H,3-5,7-12H2,1H3. The molecule has 0 saturated heterocycles. The lowest BCUT2D eigenvalue weighted by atomic mass is 9.59. The molecule has 2 heteroatoms. The number of rotatable bonds is 2. The summed E-state index contributed by atoms with van der Waals surface area (Å²) in [5, 5.41) is 0. The second kappa shape index (κ2) is 6.32. The molecule has 0 heterocycles. The van der Waals surface area contributed by atoms with Crippen LogP contribution in [0, 0.1) is 23.7 Å². The van der Waals surface area contributed by atoms with Crippen LogP contribution in [-0.2, 0) is 9.53 Å². The zero-order valence-corrected chi connectivity index (χ0v) is 12.7. The Labute approximate surface area is 123 Å². The molecule has 0 bridgehead atoms. The Hall–Kier alpha value is -0.790. The summed E-state index contributed by atoms with van der Waals surface area (Å²) in [5.74, 6) is 3.24. The molecule has 2 nitrogen and oxygen atoms in total. The van der Waals surface area contributed by atoms with Crippen LogP contribution in [0.4, 0.5) is 0 Å². The summed E-state index contributed by atoms with van der Waals surface area (Å²) in [5.41, 5.74) is 0. The molecule has 0 aromatic rings. The number of esters is 1. The molecule has 0 aromatic carbocycles. The average Bonchev–Trinajstić information content (AvgIpc) is 2.46. The van der Waals surface area contributed by atoms with Crippen LogP contribution in [-0.4, -0.2) is 12.1 Å². The molecule has 5 unspecified atom stereocenters. The van der Waals surface area contributed by atoms with Crippen molar-refractivity contribution in [2.24, 2.45) is 23.7 Å². The first-order chi connectivity index (χ1) is 9.78. The van der Waals surface area contributed by atoms with E-state index in [2.05, 4.69) is 0 Å². The van der Waals surface area contributed by atoms with E-state index in [4.69, 9.17) is 4.74 Å². The Bertz CT molecular complexity index is 374. The van der Waals surface area contributed by atoms with Crippen LogP contribution in [0.2, 0.25) is 0 Å². The molecule has 3 aliphatic carbocycles. The second-order valence-electron chi connectivity index (χ2n) is 7.11. The maximum Gasteiger partial charge on any atom is 0.330 e. The van der Waals surface area contributed by atoms with Crippen molar-refractivity contribution >= 4 is 5.97 Å². The highest BCUT2D eigenvalue weighted by molar-refractivity contribution is 5.81. The van der Waals surface area contributed by atoms with E-state index in [0.29, 0.717) is 5.92 Å². The summed E-state index contributed by atoms with van der Waals surface area (Å²) >= 11 is 0. The fraction of sp³-hybridized carbons (Fsp3) is 0.833. The van der Waals surface area contributed by atoms with Crippen molar-refractivity contribution in [2.75, 3.05) is 0 Å². The molecule has 112 valence electrons. The number of fused-ring (bicyclic) bond motifs is 2. The largest absolute Gasteiger partial charge is 0.459 e. The van der Waals surface area contributed by atoms with Gasteiger partial charge in [0.25, 0.3) is 0 Å². The van der Waals surface area contributed by atoms with Gasteiger partial charge in [0.05, 0.1) is 0 Å². The Morgan fingerprint density at radius 3 is 2.40 bits per heavy atom. The summed E-state index contributed by atoms with van der Waals surface area (Å²) in [6, 6.07) is 0. The number of carbonyl (C=O) groups is 1. The van der Waals surface area contributed by atoms with Gasteiger partial charge in [-0.25, -0.2) is 4.79 Å². The molecule has 3 fully saturated rings. The lowest BCUT2D eigenvalue weighted by molar-refractivity contribution is -0.152. The van der Waals surface area contributed by atoms with Crippen molar-refractivity contribution in [2.45, 2.75) is 70.8 Å². The van der Waals surface area contributed by atoms with Gasteiger partial charge in [-0.05, 0) is 62.7 Å². The Morgan fingerprint density at radius 1 is 0.950 bits per heavy atom. The van der Waals surface area contributed by atoms with Crippen molar-refractivity contribution in [3.63, 3.8) is 0 Å². The molecular weight excluding hydrogens is 248 g/mol. The molecule has 3 saturated carbocycles. The van der Waals surface area contributed by atoms with E-state index in [9.17, 15) is 4.79 Å². The molecule has 0 spiro atoms. The van der Waals surface area contributed by atoms with Crippen molar-refractivity contribution in [1.82, 2.24) is 0 Å². The fourth-order valence-electron chi connectivity index (χ4n) is 5.06. The van der Waals surface area contributed by atoms with Gasteiger partial charge in [0.1, 0.15) is 6.10 Å². The van der Waals surface area contributed by atoms with Crippen molar-refractivity contribution in [1.29, 1.82) is 0 Å². The lowest BCUT2D eigenvalue weighted by Crippen LogP contribution is -2.43. The van der Waals surface area contributed by atoms with E-state index in [0.717, 1.165) is 24.2 Å². The SMILES string of the molecule is CC=CC(=O)OC1CCCC2CC3CCCCC3CC21. The highest BCUT2D eigenvalue weighted by atomic mass is 16.5. The van der Waals surface area contributed by atoms with E-state index >= 15 is 0 Å². The molecule has 5 atom stereocenters. The zero-order chi connectivity index (χ0) is 13.9. The third-order valence-corrected chi connectivity index (χ3v) is 5.96. The normalized spacial score (nSPS) is 41.0. The lowest BCUT2D eigenvalue weighted by Gasteiger charge is -2.48. The van der Waals surface area contributed by atoms with Crippen molar-refractivity contribution in [3.8, 4) is 0 Å². The summed E-state index contributed by atoms with van der Waals surface area (Å²) < 4.78 is 5.76. The second-order valence-corrected chi connectivity index (χ2v) is 7.11. The van der Waals surface area contributed by atoms with E-state index in [1.165, 1.54) is 51.4 Å². The first-order valence-corrected chi connectivity index (χ1v) is 8.61. The van der Waals surface area contributed by atoms with Gasteiger partial charge in [-0.3, -0.25) is 0 Å². The molecule has 20 heavy (non-hydrogen) atoms. The number of allylic oxidation sites excluding steroid dienone is 1. The molecule has 0 N–H and O–H groups in total. The van der Waals surface area contributed by atoms with Gasteiger partial charge < -0.3 is 4.74 Å². The van der Waals surface area contributed by atoms with Gasteiger partial charge in [0.2, 0.25) is 0 Å². The molecule has 3 rings (SSSR count). The van der Waals surface area contributed by atoms with Crippen LogP contribution in [0.5, 0.6) is 0 Å². The van der Waals surface area contributed by atoms with Crippen molar-refractivity contribution in [3.05, 3.63) is 12.2 Å². The van der Waals surface area contributed by atoms with Gasteiger partial charge in [0, 0.05) is 6.08 Å². The monoisotopic (exact) mass is 276 g/mol. The van der Waals surface area contributed by atoms with Crippen LogP contribution < -0.4 is 0 Å². The third-order valence-electron chi connectivity index (χ3n) is 5.96. The van der Waals surface area contributed by atoms with E-state index in [-0.39, 0.29) is 12.1 Å². The van der Waals surface area contributed by atoms with Crippen LogP contribution in [0.15, 0.2) is 12.2 Å². The van der Waals surface area contributed by atoms with Crippen LogP contribution in [0.1, 0.15) is 64.7 Å². The van der Waals surface area contributed by atoms with Gasteiger partial charge in [-0.2, -0.15) is 0 Å². The van der Waals surface area contributed by atoms with Gasteiger partial charge >= 0.3 is 5.97 Å². The highest BCUT2D eigenvalue weighted by Gasteiger charge is 2.43. The minimum Gasteiger partial charge on any atom is -0.459 e. The molecule has 0 amide bonds. The van der Waals surface area contributed by atoms with E-state index in [1.807, 2.05) is 6.92 Å². The highest BCUT2D eigenvalue weighted by Crippen LogP contribution is 2.50. The topological polar surface area (TPSA) is 26.3 Å². The first kappa shape index (κ1) is 14.2. The van der Waals surface area contributed by atoms with E-state index < -0.39 is 0 Å². The molecule has 0 aliphatic heterocycles. The molecule has 0 aromatic heterocycles. The molecule has 3 aliphatic rings. The van der Waals surface area contributed by atoms with Gasteiger partial charge in [-0.1, -0.05) is 31.8 Å². The number of carbonyl (C=O) groups excluding carboxylic acids is 1. The molecule has 0 radical (unpaired) electrons. The molecular formula is C18H28O2. The summed E-state index contributed by atoms with van der Waals surface area (Å²) in [6.45, 7) is 1.87.